The van der Waals surface area contributed by atoms with Gasteiger partial charge >= 0.3 is 5.97 Å². The molecule has 0 N–H and O–H groups in total. The largest absolute Gasteiger partial charge is 0.463 e. The van der Waals surface area contributed by atoms with E-state index in [9.17, 15) is 13.2 Å². The molecule has 0 bridgehead atoms. The fourth-order valence-electron chi connectivity index (χ4n) is 1.93. The molecule has 1 saturated heterocycles. The van der Waals surface area contributed by atoms with E-state index in [0.29, 0.717) is 5.02 Å². The second-order valence-electron chi connectivity index (χ2n) is 4.73. The molecule has 0 spiro atoms. The third kappa shape index (κ3) is 2.48. The van der Waals surface area contributed by atoms with Crippen LogP contribution in [0, 0.1) is 0 Å². The molecule has 5 nitrogen and oxygen atoms in total. The Morgan fingerprint density at radius 3 is 2.42 bits per heavy atom. The lowest BCUT2D eigenvalue weighted by Crippen LogP contribution is -2.58. The number of nitrogens with zero attached hydrogens (tertiary/aromatic N) is 1. The van der Waals surface area contributed by atoms with E-state index >= 15 is 0 Å². The van der Waals surface area contributed by atoms with Gasteiger partial charge in [-0.25, -0.2) is 8.42 Å². The van der Waals surface area contributed by atoms with Crippen molar-refractivity contribution >= 4 is 27.6 Å². The molecule has 2 rings (SSSR count). The predicted octanol–water partition coefficient (Wildman–Crippen LogP) is 1.67. The minimum absolute atomic E-state index is 0.0646. The van der Waals surface area contributed by atoms with E-state index in [1.165, 1.54) is 38.1 Å². The third-order valence-electron chi connectivity index (χ3n) is 3.05. The van der Waals surface area contributed by atoms with Gasteiger partial charge in [-0.05, 0) is 38.1 Å². The number of morpholine rings is 1. The van der Waals surface area contributed by atoms with Gasteiger partial charge in [-0.15, -0.1) is 0 Å². The van der Waals surface area contributed by atoms with E-state index in [2.05, 4.69) is 0 Å². The molecule has 0 amide bonds. The van der Waals surface area contributed by atoms with E-state index in [0.717, 1.165) is 4.31 Å². The van der Waals surface area contributed by atoms with Gasteiger partial charge in [-0.1, -0.05) is 11.6 Å². The van der Waals surface area contributed by atoms with Crippen LogP contribution in [-0.2, 0) is 19.6 Å². The highest BCUT2D eigenvalue weighted by atomic mass is 35.5. The number of hydrogen-bond acceptors (Lipinski definition) is 4. The van der Waals surface area contributed by atoms with Gasteiger partial charge in [-0.2, -0.15) is 4.31 Å². The summed E-state index contributed by atoms with van der Waals surface area (Å²) in [6, 6.07) is 5.86. The fraction of sp³-hybridized carbons (Fsp3) is 0.417. The monoisotopic (exact) mass is 303 g/mol. The summed E-state index contributed by atoms with van der Waals surface area (Å²) in [6.07, 6.45) is 0. The van der Waals surface area contributed by atoms with Crippen LogP contribution < -0.4 is 0 Å². The Kier molecular flexibility index (Phi) is 3.59. The molecule has 0 unspecified atom stereocenters. The average molecular weight is 304 g/mol. The van der Waals surface area contributed by atoms with Crippen molar-refractivity contribution in [2.24, 2.45) is 0 Å². The molecular weight excluding hydrogens is 290 g/mol. The first-order valence-electron chi connectivity index (χ1n) is 5.72. The molecule has 0 aliphatic carbocycles. The van der Waals surface area contributed by atoms with Gasteiger partial charge in [0.2, 0.25) is 10.0 Å². The van der Waals surface area contributed by atoms with Crippen molar-refractivity contribution in [2.75, 3.05) is 13.2 Å². The number of benzene rings is 1. The molecule has 0 radical (unpaired) electrons. The molecule has 1 aromatic carbocycles. The van der Waals surface area contributed by atoms with Gasteiger partial charge in [0.25, 0.3) is 0 Å². The van der Waals surface area contributed by atoms with E-state index in [-0.39, 0.29) is 18.0 Å². The van der Waals surface area contributed by atoms with Crippen LogP contribution in [0.1, 0.15) is 13.8 Å². The zero-order chi connectivity index (χ0) is 14.3. The third-order valence-corrected chi connectivity index (χ3v) is 5.39. The maximum Gasteiger partial charge on any atom is 0.327 e. The van der Waals surface area contributed by atoms with Crippen LogP contribution in [0.3, 0.4) is 0 Å². The molecule has 0 atom stereocenters. The number of hydrogen-bond donors (Lipinski definition) is 0. The molecule has 1 aliphatic heterocycles. The number of ether oxygens (including phenoxy) is 1. The van der Waals surface area contributed by atoms with E-state index in [1.54, 1.807) is 0 Å². The minimum atomic E-state index is -3.75. The zero-order valence-corrected chi connectivity index (χ0v) is 12.2. The van der Waals surface area contributed by atoms with Crippen LogP contribution in [0.5, 0.6) is 0 Å². The molecule has 19 heavy (non-hydrogen) atoms. The number of carbonyl (C=O) groups is 1. The Labute approximate surface area is 117 Å². The van der Waals surface area contributed by atoms with Gasteiger partial charge in [0.15, 0.2) is 0 Å². The lowest BCUT2D eigenvalue weighted by molar-refractivity contribution is -0.160. The number of cyclic esters (lactones) is 1. The van der Waals surface area contributed by atoms with Crippen molar-refractivity contribution in [2.45, 2.75) is 24.3 Å². The Morgan fingerprint density at radius 2 is 1.84 bits per heavy atom. The summed E-state index contributed by atoms with van der Waals surface area (Å²) in [6.45, 7) is 3.27. The first-order valence-corrected chi connectivity index (χ1v) is 7.54. The van der Waals surface area contributed by atoms with Crippen LogP contribution >= 0.6 is 11.6 Å². The van der Waals surface area contributed by atoms with Gasteiger partial charge in [0, 0.05) is 11.6 Å². The first kappa shape index (κ1) is 14.3. The van der Waals surface area contributed by atoms with Crippen molar-refractivity contribution < 1.29 is 17.9 Å². The summed E-state index contributed by atoms with van der Waals surface area (Å²) in [5.74, 6) is -0.545. The molecule has 1 aromatic rings. The van der Waals surface area contributed by atoms with Crippen LogP contribution in [0.15, 0.2) is 29.2 Å². The number of esters is 1. The smallest absolute Gasteiger partial charge is 0.327 e. The highest BCUT2D eigenvalue weighted by Gasteiger charge is 2.46. The number of sulfonamides is 1. The van der Waals surface area contributed by atoms with Crippen molar-refractivity contribution in [1.29, 1.82) is 0 Å². The van der Waals surface area contributed by atoms with Crippen molar-refractivity contribution in [3.8, 4) is 0 Å². The summed E-state index contributed by atoms with van der Waals surface area (Å²) >= 11 is 5.74. The lowest BCUT2D eigenvalue weighted by atomic mass is 10.1. The molecule has 0 aromatic heterocycles. The molecule has 1 heterocycles. The summed E-state index contributed by atoms with van der Waals surface area (Å²) in [4.78, 5) is 11.8. The Morgan fingerprint density at radius 1 is 1.26 bits per heavy atom. The van der Waals surface area contributed by atoms with Crippen LogP contribution in [-0.4, -0.2) is 37.4 Å². The summed E-state index contributed by atoms with van der Waals surface area (Å²) in [5.41, 5.74) is -1.21. The van der Waals surface area contributed by atoms with Gasteiger partial charge in [-0.3, -0.25) is 4.79 Å². The van der Waals surface area contributed by atoms with Crippen LogP contribution in [0.4, 0.5) is 0 Å². The van der Waals surface area contributed by atoms with E-state index in [1.807, 2.05) is 0 Å². The second-order valence-corrected chi connectivity index (χ2v) is 7.02. The Hall–Kier alpha value is -1.11. The van der Waals surface area contributed by atoms with Gasteiger partial charge in [0.1, 0.15) is 12.1 Å². The lowest BCUT2D eigenvalue weighted by Gasteiger charge is -2.38. The molecule has 0 saturated carbocycles. The molecule has 104 valence electrons. The summed E-state index contributed by atoms with van der Waals surface area (Å²) < 4.78 is 31.1. The van der Waals surface area contributed by atoms with Crippen molar-refractivity contribution in [1.82, 2.24) is 4.31 Å². The molecule has 1 aliphatic rings. The highest BCUT2D eigenvalue weighted by Crippen LogP contribution is 2.28. The second kappa shape index (κ2) is 4.77. The first-order chi connectivity index (χ1) is 8.76. The maximum absolute atomic E-state index is 12.5. The molecule has 7 heteroatoms. The van der Waals surface area contributed by atoms with Gasteiger partial charge < -0.3 is 4.74 Å². The highest BCUT2D eigenvalue weighted by molar-refractivity contribution is 7.89. The average Bonchev–Trinajstić information content (AvgIpc) is 2.33. The molecular formula is C12H14ClNO4S. The van der Waals surface area contributed by atoms with Crippen molar-refractivity contribution in [3.05, 3.63) is 29.3 Å². The standard InChI is InChI=1S/C12H14ClNO4S/c1-12(2)11(15)18-8-7-14(12)19(16,17)10-5-3-9(13)4-6-10/h3-6H,7-8H2,1-2H3. The Balaban J connectivity index is 2.44. The number of halogens is 1. The molecule has 1 fully saturated rings. The number of rotatable bonds is 2. The van der Waals surface area contributed by atoms with E-state index in [4.69, 9.17) is 16.3 Å². The van der Waals surface area contributed by atoms with Gasteiger partial charge in [0.05, 0.1) is 4.90 Å². The topological polar surface area (TPSA) is 63.7 Å². The fourth-order valence-corrected chi connectivity index (χ4v) is 3.78. The Bertz CT molecular complexity index is 595. The summed E-state index contributed by atoms with van der Waals surface area (Å²) in [5, 5.41) is 0.455. The minimum Gasteiger partial charge on any atom is -0.463 e. The quantitative estimate of drug-likeness (QED) is 0.780. The normalized spacial score (nSPS) is 20.1. The van der Waals surface area contributed by atoms with E-state index < -0.39 is 21.5 Å². The van der Waals surface area contributed by atoms with Crippen LogP contribution in [0.25, 0.3) is 0 Å². The zero-order valence-electron chi connectivity index (χ0n) is 10.6. The van der Waals surface area contributed by atoms with Crippen molar-refractivity contribution in [3.63, 3.8) is 0 Å². The summed E-state index contributed by atoms with van der Waals surface area (Å²) in [7, 11) is -3.75. The predicted molar refractivity (Wildman–Crippen MR) is 70.4 cm³/mol. The SMILES string of the molecule is CC1(C)C(=O)OCCN1S(=O)(=O)c1ccc(Cl)cc1. The van der Waals surface area contributed by atoms with Crippen LogP contribution in [0.2, 0.25) is 5.02 Å². The number of carbonyl (C=O) groups excluding carboxylic acids is 1. The maximum atomic E-state index is 12.5.